The van der Waals surface area contributed by atoms with Gasteiger partial charge >= 0.3 is 5.97 Å². The van der Waals surface area contributed by atoms with Crippen molar-refractivity contribution in [3.63, 3.8) is 0 Å². The number of carbonyl (C=O) groups excluding carboxylic acids is 2. The molecule has 0 radical (unpaired) electrons. The molecule has 98 valence electrons. The standard InChI is InChI=1S/C12H16N2O4/c1-7(12(16)18-3)14-11(15)8-5-4-6-9(17-2)10(8)13/h4-7H,13H2,1-3H3,(H,14,15). The van der Waals surface area contributed by atoms with Gasteiger partial charge in [-0.25, -0.2) is 4.79 Å². The van der Waals surface area contributed by atoms with E-state index in [1.165, 1.54) is 21.1 Å². The fourth-order valence-electron chi connectivity index (χ4n) is 1.43. The Hall–Kier alpha value is -2.24. The fourth-order valence-corrected chi connectivity index (χ4v) is 1.43. The molecule has 18 heavy (non-hydrogen) atoms. The molecule has 1 aromatic rings. The summed E-state index contributed by atoms with van der Waals surface area (Å²) in [5.74, 6) is -0.567. The van der Waals surface area contributed by atoms with Crippen molar-refractivity contribution < 1.29 is 19.1 Å². The number of nitrogen functional groups attached to an aromatic ring is 1. The molecule has 0 aliphatic rings. The van der Waals surface area contributed by atoms with E-state index in [0.717, 1.165) is 0 Å². The van der Waals surface area contributed by atoms with Gasteiger partial charge in [-0.15, -0.1) is 0 Å². The Labute approximate surface area is 105 Å². The topological polar surface area (TPSA) is 90.6 Å². The molecule has 0 aliphatic heterocycles. The molecule has 6 nitrogen and oxygen atoms in total. The van der Waals surface area contributed by atoms with Crippen molar-refractivity contribution in [2.45, 2.75) is 13.0 Å². The van der Waals surface area contributed by atoms with E-state index in [2.05, 4.69) is 10.1 Å². The van der Waals surface area contributed by atoms with E-state index in [9.17, 15) is 9.59 Å². The third kappa shape index (κ3) is 2.91. The summed E-state index contributed by atoms with van der Waals surface area (Å²) in [6, 6.07) is 4.10. The lowest BCUT2D eigenvalue weighted by molar-refractivity contribution is -0.142. The maximum atomic E-state index is 11.9. The number of nitrogens with one attached hydrogen (secondary N) is 1. The lowest BCUT2D eigenvalue weighted by Gasteiger charge is -2.13. The predicted octanol–water partition coefficient (Wildman–Crippen LogP) is 0.569. The van der Waals surface area contributed by atoms with Crippen LogP contribution in [0.4, 0.5) is 5.69 Å². The van der Waals surface area contributed by atoms with Crippen LogP contribution in [0.3, 0.4) is 0 Å². The highest BCUT2D eigenvalue weighted by molar-refractivity contribution is 6.01. The number of rotatable bonds is 4. The van der Waals surface area contributed by atoms with E-state index in [1.807, 2.05) is 0 Å². The van der Waals surface area contributed by atoms with Crippen LogP contribution in [0.15, 0.2) is 18.2 Å². The lowest BCUT2D eigenvalue weighted by Crippen LogP contribution is -2.39. The fraction of sp³-hybridized carbons (Fsp3) is 0.333. The van der Waals surface area contributed by atoms with Crippen molar-refractivity contribution in [1.82, 2.24) is 5.32 Å². The number of amides is 1. The van der Waals surface area contributed by atoms with Crippen molar-refractivity contribution in [2.75, 3.05) is 20.0 Å². The molecular weight excluding hydrogens is 236 g/mol. The zero-order valence-corrected chi connectivity index (χ0v) is 10.5. The Morgan fingerprint density at radius 2 is 2.00 bits per heavy atom. The molecule has 0 saturated carbocycles. The van der Waals surface area contributed by atoms with E-state index in [0.29, 0.717) is 5.75 Å². The van der Waals surface area contributed by atoms with Gasteiger partial charge in [-0.1, -0.05) is 6.07 Å². The van der Waals surface area contributed by atoms with Crippen molar-refractivity contribution >= 4 is 17.6 Å². The second kappa shape index (κ2) is 5.90. The van der Waals surface area contributed by atoms with E-state index in [-0.39, 0.29) is 11.3 Å². The molecule has 1 aromatic carbocycles. The summed E-state index contributed by atoms with van der Waals surface area (Å²) in [6.07, 6.45) is 0. The average molecular weight is 252 g/mol. The molecule has 0 aromatic heterocycles. The summed E-state index contributed by atoms with van der Waals surface area (Å²) in [5.41, 5.74) is 6.26. The monoisotopic (exact) mass is 252 g/mol. The van der Waals surface area contributed by atoms with Crippen molar-refractivity contribution in [3.8, 4) is 5.75 Å². The van der Waals surface area contributed by atoms with Crippen LogP contribution in [0.1, 0.15) is 17.3 Å². The minimum Gasteiger partial charge on any atom is -0.495 e. The number of ether oxygens (including phenoxy) is 2. The second-order valence-corrected chi connectivity index (χ2v) is 3.64. The molecule has 0 spiro atoms. The summed E-state index contributed by atoms with van der Waals surface area (Å²) >= 11 is 0. The predicted molar refractivity (Wildman–Crippen MR) is 66.4 cm³/mol. The number of para-hydroxylation sites is 1. The molecule has 0 aliphatic carbocycles. The molecule has 0 saturated heterocycles. The second-order valence-electron chi connectivity index (χ2n) is 3.64. The van der Waals surface area contributed by atoms with Gasteiger partial charge in [-0.05, 0) is 19.1 Å². The average Bonchev–Trinajstić information content (AvgIpc) is 2.37. The summed E-state index contributed by atoms with van der Waals surface area (Å²) in [7, 11) is 2.72. The number of hydrogen-bond acceptors (Lipinski definition) is 5. The number of anilines is 1. The quantitative estimate of drug-likeness (QED) is 0.604. The lowest BCUT2D eigenvalue weighted by atomic mass is 10.1. The number of benzene rings is 1. The maximum Gasteiger partial charge on any atom is 0.328 e. The van der Waals surface area contributed by atoms with Gasteiger partial charge < -0.3 is 20.5 Å². The highest BCUT2D eigenvalue weighted by atomic mass is 16.5. The summed E-state index contributed by atoms with van der Waals surface area (Å²) in [5, 5.41) is 2.49. The van der Waals surface area contributed by atoms with Crippen LogP contribution in [0.25, 0.3) is 0 Å². The number of nitrogens with two attached hydrogens (primary N) is 1. The van der Waals surface area contributed by atoms with Gasteiger partial charge in [-0.3, -0.25) is 4.79 Å². The van der Waals surface area contributed by atoms with Crippen molar-refractivity contribution in [2.24, 2.45) is 0 Å². The van der Waals surface area contributed by atoms with Gasteiger partial charge in [0.1, 0.15) is 11.8 Å². The zero-order chi connectivity index (χ0) is 13.7. The maximum absolute atomic E-state index is 11.9. The molecular formula is C12H16N2O4. The first kappa shape index (κ1) is 13.8. The third-order valence-corrected chi connectivity index (χ3v) is 2.43. The van der Waals surface area contributed by atoms with Crippen molar-refractivity contribution in [1.29, 1.82) is 0 Å². The van der Waals surface area contributed by atoms with Gasteiger partial charge in [0.15, 0.2) is 0 Å². The minimum atomic E-state index is -0.742. The van der Waals surface area contributed by atoms with Gasteiger partial charge in [0.25, 0.3) is 5.91 Å². The SMILES string of the molecule is COC(=O)C(C)NC(=O)c1cccc(OC)c1N. The van der Waals surface area contributed by atoms with Gasteiger partial charge in [0, 0.05) is 0 Å². The van der Waals surface area contributed by atoms with Crippen LogP contribution in [-0.2, 0) is 9.53 Å². The number of esters is 1. The number of hydrogen-bond donors (Lipinski definition) is 2. The highest BCUT2D eigenvalue weighted by Crippen LogP contribution is 2.24. The highest BCUT2D eigenvalue weighted by Gasteiger charge is 2.19. The first-order valence-electron chi connectivity index (χ1n) is 5.32. The Morgan fingerprint density at radius 1 is 1.33 bits per heavy atom. The number of methoxy groups -OCH3 is 2. The first-order chi connectivity index (χ1) is 8.51. The van der Waals surface area contributed by atoms with Gasteiger partial charge in [0.05, 0.1) is 25.5 Å². The van der Waals surface area contributed by atoms with Crippen LogP contribution in [0.2, 0.25) is 0 Å². The third-order valence-electron chi connectivity index (χ3n) is 2.43. The molecule has 6 heteroatoms. The Morgan fingerprint density at radius 3 is 2.56 bits per heavy atom. The molecule has 1 unspecified atom stereocenters. The first-order valence-corrected chi connectivity index (χ1v) is 5.32. The molecule has 1 atom stereocenters. The smallest absolute Gasteiger partial charge is 0.328 e. The summed E-state index contributed by atoms with van der Waals surface area (Å²) < 4.78 is 9.53. The minimum absolute atomic E-state index is 0.231. The van der Waals surface area contributed by atoms with Gasteiger partial charge in [-0.2, -0.15) is 0 Å². The molecule has 0 heterocycles. The molecule has 1 rings (SSSR count). The normalized spacial score (nSPS) is 11.5. The van der Waals surface area contributed by atoms with E-state index >= 15 is 0 Å². The summed E-state index contributed by atoms with van der Waals surface area (Å²) in [6.45, 7) is 1.53. The van der Waals surface area contributed by atoms with Crippen LogP contribution >= 0.6 is 0 Å². The van der Waals surface area contributed by atoms with Gasteiger partial charge in [0.2, 0.25) is 0 Å². The van der Waals surface area contributed by atoms with E-state index in [4.69, 9.17) is 10.5 Å². The van der Waals surface area contributed by atoms with E-state index < -0.39 is 17.9 Å². The summed E-state index contributed by atoms with van der Waals surface area (Å²) in [4.78, 5) is 23.1. The number of carbonyl (C=O) groups is 2. The van der Waals surface area contributed by atoms with Crippen LogP contribution in [-0.4, -0.2) is 32.1 Å². The Balaban J connectivity index is 2.88. The van der Waals surface area contributed by atoms with E-state index in [1.54, 1.807) is 18.2 Å². The van der Waals surface area contributed by atoms with Crippen LogP contribution in [0, 0.1) is 0 Å². The molecule has 1 amide bonds. The molecule has 0 fully saturated rings. The molecule has 3 N–H and O–H groups in total. The van der Waals surface area contributed by atoms with Crippen molar-refractivity contribution in [3.05, 3.63) is 23.8 Å². The zero-order valence-electron chi connectivity index (χ0n) is 10.5. The Bertz CT molecular complexity index is 459. The molecule has 0 bridgehead atoms. The Kier molecular flexibility index (Phi) is 4.53. The largest absolute Gasteiger partial charge is 0.495 e. The van der Waals surface area contributed by atoms with Crippen LogP contribution in [0.5, 0.6) is 5.75 Å². The van der Waals surface area contributed by atoms with Crippen LogP contribution < -0.4 is 15.8 Å².